The zero-order valence-corrected chi connectivity index (χ0v) is 27.8. The average Bonchev–Trinajstić information content (AvgIpc) is 3.16. The Kier molecular flexibility index (Phi) is 10.1. The number of hydrogen-bond donors (Lipinski definition) is 2. The quantitative estimate of drug-likeness (QED) is 0.161. The molecule has 0 aromatic heterocycles. The number of hydrogen-bond acceptors (Lipinski definition) is 4. The van der Waals surface area contributed by atoms with E-state index in [1.165, 1.54) is 65.5 Å². The van der Waals surface area contributed by atoms with Gasteiger partial charge < -0.3 is 15.5 Å². The number of amides is 1. The van der Waals surface area contributed by atoms with E-state index in [1.54, 1.807) is 0 Å². The Labute approximate surface area is 285 Å². The molecule has 0 radical (unpaired) electrons. The molecule has 48 heavy (non-hydrogen) atoms. The van der Waals surface area contributed by atoms with Gasteiger partial charge in [-0.2, -0.15) is 0 Å². The van der Waals surface area contributed by atoms with Crippen molar-refractivity contribution in [1.29, 1.82) is 0 Å². The van der Waals surface area contributed by atoms with Gasteiger partial charge in [-0.15, -0.1) is 0 Å². The predicted molar refractivity (Wildman–Crippen MR) is 199 cm³/mol. The van der Waals surface area contributed by atoms with E-state index in [0.717, 1.165) is 56.2 Å². The van der Waals surface area contributed by atoms with Crippen LogP contribution in [-0.4, -0.2) is 47.9 Å². The van der Waals surface area contributed by atoms with Gasteiger partial charge in [-0.3, -0.25) is 9.69 Å². The van der Waals surface area contributed by atoms with Gasteiger partial charge in [-0.05, 0) is 70.5 Å². The summed E-state index contributed by atoms with van der Waals surface area (Å²) in [5.74, 6) is 0.111. The molecule has 1 saturated carbocycles. The molecule has 7 rings (SSSR count). The van der Waals surface area contributed by atoms with Crippen molar-refractivity contribution >= 4 is 17.3 Å². The highest BCUT2D eigenvalue weighted by Crippen LogP contribution is 2.34. The van der Waals surface area contributed by atoms with Gasteiger partial charge in [-0.25, -0.2) is 0 Å². The third kappa shape index (κ3) is 7.80. The van der Waals surface area contributed by atoms with E-state index in [9.17, 15) is 4.79 Å². The molecule has 5 aromatic rings. The highest BCUT2D eigenvalue weighted by molar-refractivity contribution is 5.96. The maximum absolute atomic E-state index is 13.8. The summed E-state index contributed by atoms with van der Waals surface area (Å²) in [7, 11) is 0. The molecule has 0 spiro atoms. The van der Waals surface area contributed by atoms with Crippen molar-refractivity contribution < 1.29 is 4.79 Å². The van der Waals surface area contributed by atoms with E-state index < -0.39 is 0 Å². The highest BCUT2D eigenvalue weighted by atomic mass is 16.2. The van der Waals surface area contributed by atoms with Crippen LogP contribution in [0.5, 0.6) is 0 Å². The zero-order chi connectivity index (χ0) is 32.5. The molecule has 1 saturated heterocycles. The first-order valence-corrected chi connectivity index (χ1v) is 17.6. The molecule has 1 aliphatic carbocycles. The van der Waals surface area contributed by atoms with Crippen LogP contribution in [0.1, 0.15) is 53.6 Å². The molecule has 0 unspecified atom stereocenters. The Hall–Kier alpha value is -4.87. The van der Waals surface area contributed by atoms with Crippen molar-refractivity contribution in [3.63, 3.8) is 0 Å². The van der Waals surface area contributed by atoms with Crippen molar-refractivity contribution in [2.45, 2.75) is 51.2 Å². The SMILES string of the molecule is O=C(c1ccc(NC2CCCCC2)c(NCc2ccccc2)c1)N1CCN(Cc2ccc(-c3ccccc3)c(-c3ccccc3)c2)CC1. The van der Waals surface area contributed by atoms with Gasteiger partial charge in [0.25, 0.3) is 5.91 Å². The van der Waals surface area contributed by atoms with E-state index in [2.05, 4.69) is 131 Å². The maximum Gasteiger partial charge on any atom is 0.254 e. The maximum atomic E-state index is 13.8. The first-order valence-electron chi connectivity index (χ1n) is 17.6. The standard InChI is InChI=1S/C43H46N4O/c48-43(37-22-24-41(45-38-19-11-4-12-20-38)42(30-37)44-31-33-13-5-1-6-14-33)47-27-25-46(26-28-47)32-34-21-23-39(35-15-7-2-8-16-35)40(29-34)36-17-9-3-10-18-36/h1-3,5-10,13-18,21-24,29-30,38,44-45H,4,11-12,19-20,25-28,31-32H2. The lowest BCUT2D eigenvalue weighted by molar-refractivity contribution is 0.0628. The number of carbonyl (C=O) groups is 1. The minimum atomic E-state index is 0.111. The van der Waals surface area contributed by atoms with Crippen LogP contribution < -0.4 is 10.6 Å². The molecule has 5 heteroatoms. The summed E-state index contributed by atoms with van der Waals surface area (Å²) in [4.78, 5) is 18.3. The van der Waals surface area contributed by atoms with Gasteiger partial charge in [0.2, 0.25) is 0 Å². The number of carbonyl (C=O) groups excluding carboxylic acids is 1. The molecule has 244 valence electrons. The molecule has 5 nitrogen and oxygen atoms in total. The first kappa shape index (κ1) is 31.7. The van der Waals surface area contributed by atoms with E-state index in [0.29, 0.717) is 6.04 Å². The van der Waals surface area contributed by atoms with Gasteiger partial charge in [0.05, 0.1) is 11.4 Å². The molecule has 1 amide bonds. The monoisotopic (exact) mass is 634 g/mol. The lowest BCUT2D eigenvalue weighted by Gasteiger charge is -2.35. The van der Waals surface area contributed by atoms with Crippen molar-refractivity contribution in [1.82, 2.24) is 9.80 Å². The smallest absolute Gasteiger partial charge is 0.254 e. The van der Waals surface area contributed by atoms with Crippen molar-refractivity contribution in [3.05, 3.63) is 144 Å². The summed E-state index contributed by atoms with van der Waals surface area (Å²) < 4.78 is 0. The number of benzene rings is 5. The molecule has 2 fully saturated rings. The predicted octanol–water partition coefficient (Wildman–Crippen LogP) is 9.34. The van der Waals surface area contributed by atoms with Crippen LogP contribution in [0.15, 0.2) is 127 Å². The number of piperazine rings is 1. The van der Waals surface area contributed by atoms with Crippen LogP contribution >= 0.6 is 0 Å². The Morgan fingerprint density at radius 2 is 1.25 bits per heavy atom. The van der Waals surface area contributed by atoms with Crippen LogP contribution in [0.3, 0.4) is 0 Å². The summed E-state index contributed by atoms with van der Waals surface area (Å²) in [6, 6.07) is 45.3. The van der Waals surface area contributed by atoms with E-state index in [4.69, 9.17) is 0 Å². The molecule has 1 aliphatic heterocycles. The fourth-order valence-corrected chi connectivity index (χ4v) is 7.17. The van der Waals surface area contributed by atoms with Gasteiger partial charge in [0.15, 0.2) is 0 Å². The number of anilines is 2. The van der Waals surface area contributed by atoms with Crippen LogP contribution in [0.2, 0.25) is 0 Å². The first-order chi connectivity index (χ1) is 23.7. The van der Waals surface area contributed by atoms with E-state index >= 15 is 0 Å². The zero-order valence-electron chi connectivity index (χ0n) is 27.8. The minimum absolute atomic E-state index is 0.111. The molecule has 2 aliphatic rings. The third-order valence-electron chi connectivity index (χ3n) is 9.88. The number of rotatable bonds is 10. The average molecular weight is 635 g/mol. The summed E-state index contributed by atoms with van der Waals surface area (Å²) in [6.07, 6.45) is 6.29. The summed E-state index contributed by atoms with van der Waals surface area (Å²) in [6.45, 7) is 4.74. The van der Waals surface area contributed by atoms with Crippen LogP contribution in [0, 0.1) is 0 Å². The number of nitrogens with zero attached hydrogens (tertiary/aromatic N) is 2. The van der Waals surface area contributed by atoms with Gasteiger partial charge in [0, 0.05) is 50.9 Å². The highest BCUT2D eigenvalue weighted by Gasteiger charge is 2.24. The Bertz CT molecular complexity index is 1780. The Balaban J connectivity index is 1.02. The normalized spacial score (nSPS) is 15.6. The minimum Gasteiger partial charge on any atom is -0.381 e. The third-order valence-corrected chi connectivity index (χ3v) is 9.88. The molecular formula is C43H46N4O. The van der Waals surface area contributed by atoms with E-state index in [-0.39, 0.29) is 5.91 Å². The Morgan fingerprint density at radius 3 is 1.94 bits per heavy atom. The molecule has 5 aromatic carbocycles. The summed E-state index contributed by atoms with van der Waals surface area (Å²) in [5.41, 5.74) is 10.3. The van der Waals surface area contributed by atoms with E-state index in [1.807, 2.05) is 17.0 Å². The molecule has 2 N–H and O–H groups in total. The van der Waals surface area contributed by atoms with Crippen molar-refractivity contribution in [2.24, 2.45) is 0 Å². The lowest BCUT2D eigenvalue weighted by atomic mass is 9.92. The Morgan fingerprint density at radius 1 is 0.604 bits per heavy atom. The van der Waals surface area contributed by atoms with Crippen LogP contribution in [0.25, 0.3) is 22.3 Å². The fraction of sp³-hybridized carbons (Fsp3) is 0.279. The van der Waals surface area contributed by atoms with Gasteiger partial charge >= 0.3 is 0 Å². The fourth-order valence-electron chi connectivity index (χ4n) is 7.17. The van der Waals surface area contributed by atoms with Crippen molar-refractivity contribution in [2.75, 3.05) is 36.8 Å². The molecule has 0 bridgehead atoms. The van der Waals surface area contributed by atoms with Gasteiger partial charge in [-0.1, -0.05) is 122 Å². The summed E-state index contributed by atoms with van der Waals surface area (Å²) in [5, 5.41) is 7.43. The second-order valence-corrected chi connectivity index (χ2v) is 13.3. The van der Waals surface area contributed by atoms with Crippen molar-refractivity contribution in [3.8, 4) is 22.3 Å². The molecule has 0 atom stereocenters. The number of nitrogens with one attached hydrogen (secondary N) is 2. The van der Waals surface area contributed by atoms with Gasteiger partial charge in [0.1, 0.15) is 0 Å². The summed E-state index contributed by atoms with van der Waals surface area (Å²) >= 11 is 0. The topological polar surface area (TPSA) is 47.6 Å². The second-order valence-electron chi connectivity index (χ2n) is 13.3. The lowest BCUT2D eigenvalue weighted by Crippen LogP contribution is -2.48. The van der Waals surface area contributed by atoms with Crippen LogP contribution in [-0.2, 0) is 13.1 Å². The molecule has 1 heterocycles. The second kappa shape index (κ2) is 15.4. The largest absolute Gasteiger partial charge is 0.381 e. The van der Waals surface area contributed by atoms with Crippen LogP contribution in [0.4, 0.5) is 11.4 Å². The molecular weight excluding hydrogens is 589 g/mol.